The van der Waals surface area contributed by atoms with Crippen LogP contribution in [-0.4, -0.2) is 48.9 Å². The number of amides is 2. The van der Waals surface area contributed by atoms with Crippen molar-refractivity contribution in [2.24, 2.45) is 5.41 Å². The van der Waals surface area contributed by atoms with Crippen molar-refractivity contribution in [1.82, 2.24) is 10.2 Å². The van der Waals surface area contributed by atoms with Crippen LogP contribution in [0.2, 0.25) is 0 Å². The Balaban J connectivity index is 1.67. The molecule has 130 valence electrons. The van der Waals surface area contributed by atoms with Gasteiger partial charge < -0.3 is 15.0 Å². The van der Waals surface area contributed by atoms with Gasteiger partial charge in [-0.1, -0.05) is 0 Å². The molecule has 2 amide bonds. The first-order valence-electron chi connectivity index (χ1n) is 7.62. The molecular formula is C16H17F3N2O3. The second-order valence-electron chi connectivity index (χ2n) is 6.31. The summed E-state index contributed by atoms with van der Waals surface area (Å²) in [6.45, 7) is -0.879. The summed E-state index contributed by atoms with van der Waals surface area (Å²) in [4.78, 5) is 25.2. The number of alkyl halides is 2. The molecule has 8 heteroatoms. The number of hydrogen-bond donors (Lipinski definition) is 1. The molecule has 3 rings (SSSR count). The van der Waals surface area contributed by atoms with E-state index in [-0.39, 0.29) is 18.7 Å². The monoisotopic (exact) mass is 342 g/mol. The number of benzene rings is 1. The molecule has 2 aliphatic heterocycles. The molecule has 2 fully saturated rings. The maximum Gasteiger partial charge on any atom is 0.266 e. The minimum atomic E-state index is -3.12. The van der Waals surface area contributed by atoms with Gasteiger partial charge in [0.05, 0.1) is 12.0 Å². The Kier molecular flexibility index (Phi) is 4.15. The van der Waals surface area contributed by atoms with Crippen LogP contribution in [0.15, 0.2) is 24.3 Å². The summed E-state index contributed by atoms with van der Waals surface area (Å²) >= 11 is 0. The number of ether oxygens (including phenoxy) is 1. The van der Waals surface area contributed by atoms with Crippen molar-refractivity contribution in [3.8, 4) is 5.75 Å². The molecule has 1 aromatic rings. The Morgan fingerprint density at radius 3 is 2.58 bits per heavy atom. The zero-order chi connectivity index (χ0) is 17.4. The molecule has 2 heterocycles. The van der Waals surface area contributed by atoms with Crippen molar-refractivity contribution in [3.05, 3.63) is 30.1 Å². The van der Waals surface area contributed by atoms with E-state index in [1.807, 2.05) is 0 Å². The molecule has 1 N–H and O–H groups in total. The van der Waals surface area contributed by atoms with E-state index in [4.69, 9.17) is 4.74 Å². The SMILES string of the molecule is O=C(COc1ccc(F)cc1)N1CC(F)(F)C[C@@]2(CCNC2=O)C1. The second kappa shape index (κ2) is 5.99. The van der Waals surface area contributed by atoms with Crippen LogP contribution >= 0.6 is 0 Å². The van der Waals surface area contributed by atoms with Gasteiger partial charge in [-0.3, -0.25) is 9.59 Å². The number of hydrogen-bond acceptors (Lipinski definition) is 3. The largest absolute Gasteiger partial charge is 0.484 e. The Morgan fingerprint density at radius 2 is 1.96 bits per heavy atom. The first kappa shape index (κ1) is 16.6. The highest BCUT2D eigenvalue weighted by Crippen LogP contribution is 2.43. The van der Waals surface area contributed by atoms with E-state index in [1.54, 1.807) is 0 Å². The predicted molar refractivity (Wildman–Crippen MR) is 78.1 cm³/mol. The van der Waals surface area contributed by atoms with Crippen LogP contribution in [0.25, 0.3) is 0 Å². The Morgan fingerprint density at radius 1 is 1.25 bits per heavy atom. The van der Waals surface area contributed by atoms with Gasteiger partial charge in [0.15, 0.2) is 6.61 Å². The molecule has 1 atom stereocenters. The van der Waals surface area contributed by atoms with Crippen molar-refractivity contribution in [3.63, 3.8) is 0 Å². The Labute approximate surface area is 136 Å². The van der Waals surface area contributed by atoms with Gasteiger partial charge in [-0.05, 0) is 30.7 Å². The maximum atomic E-state index is 14.0. The van der Waals surface area contributed by atoms with E-state index in [0.29, 0.717) is 6.54 Å². The third kappa shape index (κ3) is 3.32. The smallest absolute Gasteiger partial charge is 0.266 e. The number of nitrogens with one attached hydrogen (secondary N) is 1. The minimum Gasteiger partial charge on any atom is -0.484 e. The first-order valence-corrected chi connectivity index (χ1v) is 7.62. The van der Waals surface area contributed by atoms with E-state index >= 15 is 0 Å². The highest BCUT2D eigenvalue weighted by Gasteiger charge is 2.55. The summed E-state index contributed by atoms with van der Waals surface area (Å²) in [5.74, 6) is -4.36. The number of carbonyl (C=O) groups excluding carboxylic acids is 2. The molecule has 1 spiro atoms. The number of piperidine rings is 1. The fourth-order valence-corrected chi connectivity index (χ4v) is 3.29. The summed E-state index contributed by atoms with van der Waals surface area (Å²) in [7, 11) is 0. The van der Waals surface area contributed by atoms with Gasteiger partial charge in [0.2, 0.25) is 5.91 Å². The van der Waals surface area contributed by atoms with E-state index in [2.05, 4.69) is 5.32 Å². The molecule has 0 radical (unpaired) electrons. The molecule has 0 aliphatic carbocycles. The molecule has 0 aromatic heterocycles. The van der Waals surface area contributed by atoms with Gasteiger partial charge in [-0.2, -0.15) is 0 Å². The van der Waals surface area contributed by atoms with Crippen molar-refractivity contribution < 1.29 is 27.5 Å². The van der Waals surface area contributed by atoms with Gasteiger partial charge in [0, 0.05) is 19.5 Å². The third-order valence-corrected chi connectivity index (χ3v) is 4.41. The summed E-state index contributed by atoms with van der Waals surface area (Å²) in [5.41, 5.74) is -1.23. The molecule has 2 saturated heterocycles. The lowest BCUT2D eigenvalue weighted by Crippen LogP contribution is -2.57. The summed E-state index contributed by atoms with van der Waals surface area (Å²) < 4.78 is 46.1. The fourth-order valence-electron chi connectivity index (χ4n) is 3.29. The number of carbonyl (C=O) groups is 2. The topological polar surface area (TPSA) is 58.6 Å². The van der Waals surface area contributed by atoms with E-state index in [0.717, 1.165) is 4.90 Å². The average Bonchev–Trinajstić information content (AvgIpc) is 2.84. The van der Waals surface area contributed by atoms with Crippen LogP contribution in [-0.2, 0) is 9.59 Å². The lowest BCUT2D eigenvalue weighted by Gasteiger charge is -2.42. The lowest BCUT2D eigenvalue weighted by atomic mass is 9.77. The molecule has 2 aliphatic rings. The molecule has 0 bridgehead atoms. The third-order valence-electron chi connectivity index (χ3n) is 4.41. The van der Waals surface area contributed by atoms with Crippen molar-refractivity contribution in [2.45, 2.75) is 18.8 Å². The molecule has 1 aromatic carbocycles. The average molecular weight is 342 g/mol. The fraction of sp³-hybridized carbons (Fsp3) is 0.500. The maximum absolute atomic E-state index is 14.0. The van der Waals surface area contributed by atoms with Gasteiger partial charge in [0.25, 0.3) is 11.8 Å². The zero-order valence-corrected chi connectivity index (χ0v) is 12.9. The van der Waals surface area contributed by atoms with E-state index < -0.39 is 48.5 Å². The van der Waals surface area contributed by atoms with Crippen molar-refractivity contribution in [2.75, 3.05) is 26.2 Å². The first-order chi connectivity index (χ1) is 11.3. The molecule has 24 heavy (non-hydrogen) atoms. The number of rotatable bonds is 3. The van der Waals surface area contributed by atoms with Crippen LogP contribution in [0.1, 0.15) is 12.8 Å². The predicted octanol–water partition coefficient (Wildman–Crippen LogP) is 1.58. The van der Waals surface area contributed by atoms with Crippen molar-refractivity contribution in [1.29, 1.82) is 0 Å². The second-order valence-corrected chi connectivity index (χ2v) is 6.31. The van der Waals surface area contributed by atoms with Gasteiger partial charge in [0.1, 0.15) is 11.6 Å². The summed E-state index contributed by atoms with van der Waals surface area (Å²) in [6, 6.07) is 5.04. The van der Waals surface area contributed by atoms with Gasteiger partial charge >= 0.3 is 0 Å². The van der Waals surface area contributed by atoms with Crippen LogP contribution < -0.4 is 10.1 Å². The van der Waals surface area contributed by atoms with E-state index in [9.17, 15) is 22.8 Å². The summed E-state index contributed by atoms with van der Waals surface area (Å²) in [5, 5.41) is 2.56. The van der Waals surface area contributed by atoms with Crippen molar-refractivity contribution >= 4 is 11.8 Å². The van der Waals surface area contributed by atoms with Gasteiger partial charge in [-0.25, -0.2) is 13.2 Å². The van der Waals surface area contributed by atoms with Crippen LogP contribution in [0.4, 0.5) is 13.2 Å². The van der Waals surface area contributed by atoms with Crippen LogP contribution in [0.3, 0.4) is 0 Å². The molecule has 0 saturated carbocycles. The number of nitrogens with zero attached hydrogens (tertiary/aromatic N) is 1. The quantitative estimate of drug-likeness (QED) is 0.907. The van der Waals surface area contributed by atoms with Crippen LogP contribution in [0, 0.1) is 11.2 Å². The molecular weight excluding hydrogens is 325 g/mol. The number of likely N-dealkylation sites (tertiary alicyclic amines) is 1. The van der Waals surface area contributed by atoms with Crippen LogP contribution in [0.5, 0.6) is 5.75 Å². The zero-order valence-electron chi connectivity index (χ0n) is 12.9. The standard InChI is InChI=1S/C16H17F3N2O3/c17-11-1-3-12(4-2-11)24-7-13(22)21-9-15(5-6-20-14(15)23)8-16(18,19)10-21/h1-4H,5-10H2,(H,20,23)/t15-/m0/s1. The Hall–Kier alpha value is -2.25. The normalized spacial score (nSPS) is 25.6. The molecule has 5 nitrogen and oxygen atoms in total. The number of halogens is 3. The highest BCUT2D eigenvalue weighted by atomic mass is 19.3. The highest BCUT2D eigenvalue weighted by molar-refractivity contribution is 5.86. The lowest BCUT2D eigenvalue weighted by molar-refractivity contribution is -0.161. The minimum absolute atomic E-state index is 0.0416. The van der Waals surface area contributed by atoms with Gasteiger partial charge in [-0.15, -0.1) is 0 Å². The Bertz CT molecular complexity index is 650. The van der Waals surface area contributed by atoms with E-state index in [1.165, 1.54) is 24.3 Å². The summed E-state index contributed by atoms with van der Waals surface area (Å²) in [6.07, 6.45) is -0.265. The molecule has 0 unspecified atom stereocenters.